The fraction of sp³-hybridized carbons (Fsp3) is 0.278. The van der Waals surface area contributed by atoms with E-state index in [1.165, 1.54) is 4.90 Å². The van der Waals surface area contributed by atoms with Gasteiger partial charge >= 0.3 is 12.1 Å². The Morgan fingerprint density at radius 1 is 1.12 bits per heavy atom. The van der Waals surface area contributed by atoms with Crippen LogP contribution in [0.3, 0.4) is 0 Å². The monoisotopic (exact) mass is 354 g/mol. The van der Waals surface area contributed by atoms with Crippen molar-refractivity contribution in [3.8, 4) is 11.1 Å². The number of carbonyl (C=O) groups is 2. The highest BCUT2D eigenvalue weighted by Crippen LogP contribution is 2.26. The maximum Gasteiger partial charge on any atom is 0.414 e. The summed E-state index contributed by atoms with van der Waals surface area (Å²) in [6.45, 7) is 1.39. The summed E-state index contributed by atoms with van der Waals surface area (Å²) in [7, 11) is 0. The van der Waals surface area contributed by atoms with Crippen LogP contribution in [0.1, 0.15) is 0 Å². The van der Waals surface area contributed by atoms with Crippen LogP contribution >= 0.6 is 0 Å². The van der Waals surface area contributed by atoms with Gasteiger partial charge in [0, 0.05) is 30.5 Å². The van der Waals surface area contributed by atoms with Gasteiger partial charge in [0.15, 0.2) is 0 Å². The molecular formula is C18H18N4O4. The lowest BCUT2D eigenvalue weighted by atomic mass is 10.1. The number of urea groups is 1. The molecule has 3 heterocycles. The van der Waals surface area contributed by atoms with Crippen LogP contribution in [0.2, 0.25) is 0 Å². The Hall–Kier alpha value is -3.13. The molecule has 2 aliphatic heterocycles. The van der Waals surface area contributed by atoms with Crippen LogP contribution in [-0.2, 0) is 4.74 Å². The molecule has 1 aromatic heterocycles. The van der Waals surface area contributed by atoms with Crippen molar-refractivity contribution in [2.75, 3.05) is 36.0 Å². The molecule has 8 heteroatoms. The van der Waals surface area contributed by atoms with E-state index in [0.29, 0.717) is 31.1 Å². The van der Waals surface area contributed by atoms with Crippen molar-refractivity contribution in [2.45, 2.75) is 6.10 Å². The Morgan fingerprint density at radius 3 is 2.46 bits per heavy atom. The zero-order valence-corrected chi connectivity index (χ0v) is 14.0. The summed E-state index contributed by atoms with van der Waals surface area (Å²) in [6, 6.07) is 11.1. The van der Waals surface area contributed by atoms with Crippen LogP contribution in [0.4, 0.5) is 21.1 Å². The Balaban J connectivity index is 1.50. The normalized spacial score (nSPS) is 19.7. The zero-order chi connectivity index (χ0) is 18.1. The number of aliphatic hydroxyl groups excluding tert-OH is 1. The lowest BCUT2D eigenvalue weighted by Crippen LogP contribution is -2.28. The van der Waals surface area contributed by atoms with Gasteiger partial charge < -0.3 is 15.2 Å². The molecule has 2 aromatic rings. The number of aliphatic hydroxyl groups is 1. The minimum Gasteiger partial charge on any atom is -0.441 e. The van der Waals surface area contributed by atoms with E-state index in [1.807, 2.05) is 36.4 Å². The van der Waals surface area contributed by atoms with Crippen molar-refractivity contribution in [3.63, 3.8) is 0 Å². The number of cyclic esters (lactones) is 1. The lowest BCUT2D eigenvalue weighted by Gasteiger charge is -2.14. The highest BCUT2D eigenvalue weighted by molar-refractivity contribution is 5.93. The van der Waals surface area contributed by atoms with Crippen molar-refractivity contribution in [1.29, 1.82) is 0 Å². The van der Waals surface area contributed by atoms with E-state index >= 15 is 0 Å². The third-order valence-electron chi connectivity index (χ3n) is 4.47. The number of aromatic nitrogens is 1. The first-order valence-electron chi connectivity index (χ1n) is 8.36. The molecule has 2 fully saturated rings. The quantitative estimate of drug-likeness (QED) is 0.870. The molecule has 0 bridgehead atoms. The second-order valence-corrected chi connectivity index (χ2v) is 6.13. The molecule has 0 radical (unpaired) electrons. The van der Waals surface area contributed by atoms with E-state index in [1.54, 1.807) is 11.1 Å². The Morgan fingerprint density at radius 2 is 1.88 bits per heavy atom. The predicted molar refractivity (Wildman–Crippen MR) is 95.1 cm³/mol. The Bertz CT molecular complexity index is 822. The van der Waals surface area contributed by atoms with Crippen molar-refractivity contribution in [2.24, 2.45) is 0 Å². The SMILES string of the molecule is O=C1O[C@@H](CO)CN1c1ccc(-c2ccc(N3CCNC3=O)nc2)cc1. The number of ether oxygens (including phenoxy) is 1. The molecule has 0 spiro atoms. The van der Waals surface area contributed by atoms with E-state index in [-0.39, 0.29) is 12.6 Å². The van der Waals surface area contributed by atoms with Gasteiger partial charge in [-0.05, 0) is 29.8 Å². The molecule has 8 nitrogen and oxygen atoms in total. The van der Waals surface area contributed by atoms with Crippen LogP contribution in [-0.4, -0.2) is 54.6 Å². The first-order valence-corrected chi connectivity index (χ1v) is 8.36. The average Bonchev–Trinajstić information content (AvgIpc) is 3.27. The molecule has 0 unspecified atom stereocenters. The van der Waals surface area contributed by atoms with Gasteiger partial charge in [0.05, 0.1) is 13.2 Å². The molecule has 0 saturated carbocycles. The van der Waals surface area contributed by atoms with Crippen LogP contribution in [0.25, 0.3) is 11.1 Å². The van der Waals surface area contributed by atoms with E-state index in [4.69, 9.17) is 9.84 Å². The lowest BCUT2D eigenvalue weighted by molar-refractivity contribution is 0.0963. The molecule has 2 aliphatic rings. The van der Waals surface area contributed by atoms with Gasteiger partial charge in [-0.15, -0.1) is 0 Å². The molecule has 134 valence electrons. The standard InChI is InChI=1S/C18H18N4O4/c23-11-15-10-22(18(25)26-15)14-4-1-12(2-5-14)13-3-6-16(20-9-13)21-8-7-19-17(21)24/h1-6,9,15,23H,7-8,10-11H2,(H,19,24)/t15-/m1/s1. The summed E-state index contributed by atoms with van der Waals surface area (Å²) in [5.74, 6) is 0.621. The van der Waals surface area contributed by atoms with Gasteiger partial charge in [0.2, 0.25) is 0 Å². The summed E-state index contributed by atoms with van der Waals surface area (Å²) in [5, 5.41) is 11.9. The van der Waals surface area contributed by atoms with Crippen LogP contribution in [0.5, 0.6) is 0 Å². The first kappa shape index (κ1) is 16.3. The van der Waals surface area contributed by atoms with Gasteiger partial charge in [-0.25, -0.2) is 14.6 Å². The second-order valence-electron chi connectivity index (χ2n) is 6.13. The molecule has 1 aromatic carbocycles. The van der Waals surface area contributed by atoms with Crippen LogP contribution < -0.4 is 15.1 Å². The van der Waals surface area contributed by atoms with E-state index < -0.39 is 12.2 Å². The molecule has 1 atom stereocenters. The topological polar surface area (TPSA) is 95.0 Å². The maximum absolute atomic E-state index is 11.8. The van der Waals surface area contributed by atoms with Crippen molar-refractivity contribution < 1.29 is 19.4 Å². The largest absolute Gasteiger partial charge is 0.441 e. The Labute approximate surface area is 150 Å². The number of nitrogens with zero attached hydrogens (tertiary/aromatic N) is 3. The van der Waals surface area contributed by atoms with Gasteiger partial charge in [0.25, 0.3) is 0 Å². The average molecular weight is 354 g/mol. The highest BCUT2D eigenvalue weighted by atomic mass is 16.6. The molecule has 26 heavy (non-hydrogen) atoms. The first-order chi connectivity index (χ1) is 12.7. The smallest absolute Gasteiger partial charge is 0.414 e. The minimum absolute atomic E-state index is 0.131. The number of nitrogens with one attached hydrogen (secondary N) is 1. The third kappa shape index (κ3) is 2.95. The Kier molecular flexibility index (Phi) is 4.18. The summed E-state index contributed by atoms with van der Waals surface area (Å²) in [4.78, 5) is 31.0. The number of hydrogen-bond acceptors (Lipinski definition) is 5. The summed E-state index contributed by atoms with van der Waals surface area (Å²) in [5.41, 5.74) is 2.58. The van der Waals surface area contributed by atoms with Crippen molar-refractivity contribution >= 4 is 23.6 Å². The third-order valence-corrected chi connectivity index (χ3v) is 4.47. The fourth-order valence-corrected chi connectivity index (χ4v) is 3.07. The van der Waals surface area contributed by atoms with Crippen molar-refractivity contribution in [3.05, 3.63) is 42.6 Å². The molecular weight excluding hydrogens is 336 g/mol. The fourth-order valence-electron chi connectivity index (χ4n) is 3.07. The summed E-state index contributed by atoms with van der Waals surface area (Å²) >= 11 is 0. The number of pyridine rings is 1. The van der Waals surface area contributed by atoms with Gasteiger partial charge in [0.1, 0.15) is 11.9 Å². The van der Waals surface area contributed by atoms with E-state index in [9.17, 15) is 9.59 Å². The number of anilines is 2. The van der Waals surface area contributed by atoms with Gasteiger partial charge in [-0.2, -0.15) is 0 Å². The molecule has 4 rings (SSSR count). The van der Waals surface area contributed by atoms with Crippen LogP contribution in [0, 0.1) is 0 Å². The zero-order valence-electron chi connectivity index (χ0n) is 14.0. The summed E-state index contributed by atoms with van der Waals surface area (Å²) in [6.07, 6.45) is 0.787. The predicted octanol–water partition coefficient (Wildman–Crippen LogP) is 1.60. The van der Waals surface area contributed by atoms with Gasteiger partial charge in [-0.3, -0.25) is 9.80 Å². The van der Waals surface area contributed by atoms with Crippen LogP contribution in [0.15, 0.2) is 42.6 Å². The second kappa shape index (κ2) is 6.64. The molecule has 2 N–H and O–H groups in total. The maximum atomic E-state index is 11.8. The highest BCUT2D eigenvalue weighted by Gasteiger charge is 2.31. The van der Waals surface area contributed by atoms with E-state index in [2.05, 4.69) is 10.3 Å². The summed E-state index contributed by atoms with van der Waals surface area (Å²) < 4.78 is 5.05. The number of benzene rings is 1. The number of carbonyl (C=O) groups excluding carboxylic acids is 2. The molecule has 3 amide bonds. The van der Waals surface area contributed by atoms with E-state index in [0.717, 1.165) is 11.1 Å². The number of amides is 3. The number of rotatable bonds is 4. The van der Waals surface area contributed by atoms with Gasteiger partial charge in [-0.1, -0.05) is 12.1 Å². The van der Waals surface area contributed by atoms with Crippen molar-refractivity contribution in [1.82, 2.24) is 10.3 Å². The molecule has 2 saturated heterocycles. The number of hydrogen-bond donors (Lipinski definition) is 2. The minimum atomic E-state index is -0.485. The molecule has 0 aliphatic carbocycles.